The Labute approximate surface area is 105 Å². The van der Waals surface area contributed by atoms with E-state index in [-0.39, 0.29) is 5.38 Å². The van der Waals surface area contributed by atoms with Crippen LogP contribution in [0.25, 0.3) is 0 Å². The van der Waals surface area contributed by atoms with Crippen molar-refractivity contribution in [1.82, 2.24) is 15.0 Å². The second kappa shape index (κ2) is 4.63. The molecule has 0 spiro atoms. The fourth-order valence-corrected chi connectivity index (χ4v) is 2.49. The molecule has 0 aliphatic rings. The summed E-state index contributed by atoms with van der Waals surface area (Å²) in [5, 5.41) is 10.0. The average Bonchev–Trinajstić information content (AvgIpc) is 2.76. The Hall–Kier alpha value is -0.390. The maximum atomic E-state index is 5.90. The summed E-state index contributed by atoms with van der Waals surface area (Å²) >= 11 is 11.0. The van der Waals surface area contributed by atoms with Crippen LogP contribution in [-0.4, -0.2) is 15.0 Å². The molecule has 80 valence electrons. The molecule has 0 N–H and O–H groups in total. The number of nitrogens with zero attached hydrogens (tertiary/aromatic N) is 3. The maximum absolute atomic E-state index is 5.90. The summed E-state index contributed by atoms with van der Waals surface area (Å²) in [5.41, 5.74) is 2.02. The van der Waals surface area contributed by atoms with Crippen molar-refractivity contribution in [3.05, 3.63) is 32.7 Å². The summed E-state index contributed by atoms with van der Waals surface area (Å²) in [6.07, 6.45) is 1.88. The van der Waals surface area contributed by atoms with Crippen molar-refractivity contribution >= 4 is 38.9 Å². The summed E-state index contributed by atoms with van der Waals surface area (Å²) in [4.78, 5) is 0. The summed E-state index contributed by atoms with van der Waals surface area (Å²) in [6.45, 7) is 2.62. The van der Waals surface area contributed by atoms with E-state index < -0.39 is 0 Å². The van der Waals surface area contributed by atoms with E-state index in [4.69, 9.17) is 11.6 Å². The van der Waals surface area contributed by atoms with Crippen molar-refractivity contribution in [2.24, 2.45) is 0 Å². The zero-order chi connectivity index (χ0) is 10.8. The lowest BCUT2D eigenvalue weighted by atomic mass is 10.3. The van der Waals surface area contributed by atoms with Gasteiger partial charge in [-0.1, -0.05) is 5.21 Å². The molecule has 1 atom stereocenters. The lowest BCUT2D eigenvalue weighted by Gasteiger charge is -1.96. The quantitative estimate of drug-likeness (QED) is 0.813. The predicted octanol–water partition coefficient (Wildman–Crippen LogP) is 3.45. The molecule has 15 heavy (non-hydrogen) atoms. The average molecular weight is 307 g/mol. The van der Waals surface area contributed by atoms with Crippen LogP contribution >= 0.6 is 38.9 Å². The molecule has 0 aliphatic heterocycles. The summed E-state index contributed by atoms with van der Waals surface area (Å²) in [5.74, 6) is 0. The maximum Gasteiger partial charge on any atom is 0.100 e. The van der Waals surface area contributed by atoms with E-state index in [0.29, 0.717) is 0 Å². The molecule has 2 aromatic heterocycles. The van der Waals surface area contributed by atoms with Gasteiger partial charge < -0.3 is 0 Å². The van der Waals surface area contributed by atoms with Gasteiger partial charge in [0.1, 0.15) is 5.69 Å². The second-order valence-corrected chi connectivity index (χ2v) is 6.16. The highest BCUT2D eigenvalue weighted by Gasteiger charge is 2.07. The van der Waals surface area contributed by atoms with Gasteiger partial charge in [-0.15, -0.1) is 28.0 Å². The van der Waals surface area contributed by atoms with Gasteiger partial charge in [-0.05, 0) is 39.9 Å². The van der Waals surface area contributed by atoms with Crippen LogP contribution < -0.4 is 0 Å². The molecule has 0 aliphatic carbocycles. The first-order valence-corrected chi connectivity index (χ1v) is 6.53. The molecule has 1 unspecified atom stereocenters. The zero-order valence-electron chi connectivity index (χ0n) is 8.02. The minimum atomic E-state index is -0.0899. The van der Waals surface area contributed by atoms with Crippen LogP contribution in [0.4, 0.5) is 0 Å². The molecule has 0 fully saturated rings. The molecule has 2 aromatic rings. The standard InChI is InChI=1S/C9H9BrClN3S/c1-6(11)8-4-14(13-12-8)3-7-2-9(10)15-5-7/h2,4-6H,3H2,1H3. The Morgan fingerprint density at radius 2 is 2.47 bits per heavy atom. The highest BCUT2D eigenvalue weighted by molar-refractivity contribution is 9.11. The van der Waals surface area contributed by atoms with Crippen LogP contribution in [0.2, 0.25) is 0 Å². The first kappa shape index (κ1) is 11.1. The molecule has 0 aromatic carbocycles. The minimum Gasteiger partial charge on any atom is -0.248 e. The third-order valence-corrected chi connectivity index (χ3v) is 3.71. The lowest BCUT2D eigenvalue weighted by Crippen LogP contribution is -1.98. The monoisotopic (exact) mass is 305 g/mol. The zero-order valence-corrected chi connectivity index (χ0v) is 11.2. The SMILES string of the molecule is CC(Cl)c1cn(Cc2csc(Br)c2)nn1. The fraction of sp³-hybridized carbons (Fsp3) is 0.333. The van der Waals surface area contributed by atoms with Gasteiger partial charge in [0.15, 0.2) is 0 Å². The highest BCUT2D eigenvalue weighted by atomic mass is 79.9. The molecule has 0 saturated heterocycles. The van der Waals surface area contributed by atoms with E-state index in [1.807, 2.05) is 13.1 Å². The van der Waals surface area contributed by atoms with Gasteiger partial charge in [0.2, 0.25) is 0 Å². The normalized spacial score (nSPS) is 13.0. The van der Waals surface area contributed by atoms with Crippen molar-refractivity contribution in [3.8, 4) is 0 Å². The van der Waals surface area contributed by atoms with Crippen LogP contribution in [0.5, 0.6) is 0 Å². The first-order chi connectivity index (χ1) is 7.15. The van der Waals surface area contributed by atoms with Crippen molar-refractivity contribution in [2.45, 2.75) is 18.8 Å². The van der Waals surface area contributed by atoms with E-state index >= 15 is 0 Å². The molecular weight excluding hydrogens is 298 g/mol. The highest BCUT2D eigenvalue weighted by Crippen LogP contribution is 2.21. The van der Waals surface area contributed by atoms with Crippen molar-refractivity contribution in [1.29, 1.82) is 0 Å². The van der Waals surface area contributed by atoms with Crippen LogP contribution in [0.3, 0.4) is 0 Å². The Bertz CT molecular complexity index is 452. The van der Waals surface area contributed by atoms with Gasteiger partial charge >= 0.3 is 0 Å². The predicted molar refractivity (Wildman–Crippen MR) is 65.4 cm³/mol. The molecule has 3 nitrogen and oxygen atoms in total. The third-order valence-electron chi connectivity index (χ3n) is 1.93. The Morgan fingerprint density at radius 1 is 1.67 bits per heavy atom. The van der Waals surface area contributed by atoms with Crippen LogP contribution in [0.1, 0.15) is 23.6 Å². The van der Waals surface area contributed by atoms with Gasteiger partial charge in [0, 0.05) is 0 Å². The van der Waals surface area contributed by atoms with E-state index in [9.17, 15) is 0 Å². The molecule has 0 amide bonds. The molecule has 0 radical (unpaired) electrons. The fourth-order valence-electron chi connectivity index (χ4n) is 1.19. The van der Waals surface area contributed by atoms with Crippen LogP contribution in [-0.2, 0) is 6.54 Å². The Kier molecular flexibility index (Phi) is 3.43. The Balaban J connectivity index is 2.11. The summed E-state index contributed by atoms with van der Waals surface area (Å²) in [7, 11) is 0. The topological polar surface area (TPSA) is 30.7 Å². The summed E-state index contributed by atoms with van der Waals surface area (Å²) < 4.78 is 2.92. The molecule has 0 saturated carbocycles. The third kappa shape index (κ3) is 2.80. The van der Waals surface area contributed by atoms with Gasteiger partial charge in [-0.3, -0.25) is 0 Å². The van der Waals surface area contributed by atoms with Crippen LogP contribution in [0, 0.1) is 0 Å². The van der Waals surface area contributed by atoms with E-state index in [1.165, 1.54) is 5.56 Å². The molecule has 2 rings (SSSR count). The smallest absolute Gasteiger partial charge is 0.100 e. The van der Waals surface area contributed by atoms with E-state index in [0.717, 1.165) is 16.0 Å². The molecule has 0 bridgehead atoms. The van der Waals surface area contributed by atoms with Crippen molar-refractivity contribution < 1.29 is 0 Å². The van der Waals surface area contributed by atoms with E-state index in [1.54, 1.807) is 16.0 Å². The number of hydrogen-bond acceptors (Lipinski definition) is 3. The van der Waals surface area contributed by atoms with Crippen molar-refractivity contribution in [2.75, 3.05) is 0 Å². The van der Waals surface area contributed by atoms with Gasteiger partial charge in [-0.2, -0.15) is 0 Å². The van der Waals surface area contributed by atoms with E-state index in [2.05, 4.69) is 37.7 Å². The number of aromatic nitrogens is 3. The number of alkyl halides is 1. The largest absolute Gasteiger partial charge is 0.248 e. The van der Waals surface area contributed by atoms with Gasteiger partial charge in [0.05, 0.1) is 21.9 Å². The van der Waals surface area contributed by atoms with Gasteiger partial charge in [-0.25, -0.2) is 4.68 Å². The number of thiophene rings is 1. The van der Waals surface area contributed by atoms with Gasteiger partial charge in [0.25, 0.3) is 0 Å². The Morgan fingerprint density at radius 3 is 3.00 bits per heavy atom. The minimum absolute atomic E-state index is 0.0899. The van der Waals surface area contributed by atoms with Crippen LogP contribution in [0.15, 0.2) is 21.4 Å². The number of halogens is 2. The number of hydrogen-bond donors (Lipinski definition) is 0. The lowest BCUT2D eigenvalue weighted by molar-refractivity contribution is 0.650. The summed E-state index contributed by atoms with van der Waals surface area (Å²) in [6, 6.07) is 2.08. The molecular formula is C9H9BrClN3S. The second-order valence-electron chi connectivity index (χ2n) is 3.22. The molecule has 2 heterocycles. The number of rotatable bonds is 3. The van der Waals surface area contributed by atoms with Crippen molar-refractivity contribution in [3.63, 3.8) is 0 Å². The molecule has 6 heteroatoms. The first-order valence-electron chi connectivity index (χ1n) is 4.42.